The number of piperidine rings is 1. The number of hydrogen-bond donors (Lipinski definition) is 0. The Morgan fingerprint density at radius 1 is 1.12 bits per heavy atom. The van der Waals surface area contributed by atoms with Gasteiger partial charge in [0.15, 0.2) is 0 Å². The molecule has 2 atom stereocenters. The fourth-order valence-corrected chi connectivity index (χ4v) is 5.04. The van der Waals surface area contributed by atoms with Crippen molar-refractivity contribution in [1.82, 2.24) is 14.2 Å². The highest BCUT2D eigenvalue weighted by atomic mass is 32.2. The lowest BCUT2D eigenvalue weighted by Gasteiger charge is -2.36. The average molecular weight is 345 g/mol. The fourth-order valence-electron chi connectivity index (χ4n) is 4.11. The second kappa shape index (κ2) is 6.10. The van der Waals surface area contributed by atoms with E-state index in [1.807, 2.05) is 24.4 Å². The molecule has 0 saturated carbocycles. The predicted octanol–water partition coefficient (Wildman–Crippen LogP) is 2.09. The van der Waals surface area contributed by atoms with Crippen LogP contribution in [-0.2, 0) is 16.6 Å². The van der Waals surface area contributed by atoms with Crippen molar-refractivity contribution >= 4 is 20.9 Å². The Hall–Kier alpha value is -1.50. The first-order chi connectivity index (χ1) is 11.5. The number of fused-ring (bicyclic) bond motifs is 5. The summed E-state index contributed by atoms with van der Waals surface area (Å²) < 4.78 is 25.7. The molecular weight excluding hydrogens is 322 g/mol. The molecule has 24 heavy (non-hydrogen) atoms. The van der Waals surface area contributed by atoms with E-state index in [1.54, 1.807) is 4.31 Å². The van der Waals surface area contributed by atoms with Gasteiger partial charge in [0.25, 0.3) is 0 Å². The van der Waals surface area contributed by atoms with Gasteiger partial charge in [0.05, 0.1) is 11.8 Å². The van der Waals surface area contributed by atoms with Crippen LogP contribution < -0.4 is 0 Å². The van der Waals surface area contributed by atoms with Crippen molar-refractivity contribution in [3.05, 3.63) is 42.1 Å². The Labute approximate surface area is 143 Å². The summed E-state index contributed by atoms with van der Waals surface area (Å²) in [6.45, 7) is 3.14. The molecular formula is C18H23N3O2S. The van der Waals surface area contributed by atoms with E-state index in [9.17, 15) is 8.42 Å². The maximum Gasteiger partial charge on any atom is 0.211 e. The molecule has 0 aliphatic carbocycles. The van der Waals surface area contributed by atoms with Crippen LogP contribution in [0.2, 0.25) is 0 Å². The molecule has 3 fully saturated rings. The zero-order valence-corrected chi connectivity index (χ0v) is 14.7. The summed E-state index contributed by atoms with van der Waals surface area (Å²) in [7, 11) is -3.11. The molecule has 3 aliphatic heterocycles. The highest BCUT2D eigenvalue weighted by Crippen LogP contribution is 2.31. The van der Waals surface area contributed by atoms with Gasteiger partial charge in [-0.25, -0.2) is 12.7 Å². The minimum Gasteiger partial charge on any atom is -0.294 e. The van der Waals surface area contributed by atoms with E-state index in [0.717, 1.165) is 31.4 Å². The number of rotatable bonds is 3. The fraction of sp³-hybridized carbons (Fsp3) is 0.500. The number of benzene rings is 1. The summed E-state index contributed by atoms with van der Waals surface area (Å²) in [5.74, 6) is 0.437. The maximum absolute atomic E-state index is 12.0. The summed E-state index contributed by atoms with van der Waals surface area (Å²) in [6.07, 6.45) is 5.42. The summed E-state index contributed by atoms with van der Waals surface area (Å²) >= 11 is 0. The van der Waals surface area contributed by atoms with Crippen molar-refractivity contribution < 1.29 is 8.42 Å². The van der Waals surface area contributed by atoms with Crippen molar-refractivity contribution in [2.24, 2.45) is 5.92 Å². The van der Waals surface area contributed by atoms with Gasteiger partial charge >= 0.3 is 0 Å². The number of sulfonamides is 1. The van der Waals surface area contributed by atoms with Crippen molar-refractivity contribution in [3.63, 3.8) is 0 Å². The van der Waals surface area contributed by atoms with Crippen molar-refractivity contribution in [2.45, 2.75) is 25.4 Å². The molecule has 3 saturated heterocycles. The van der Waals surface area contributed by atoms with Gasteiger partial charge in [0, 0.05) is 43.8 Å². The van der Waals surface area contributed by atoms with E-state index in [0.29, 0.717) is 25.0 Å². The van der Waals surface area contributed by atoms with E-state index >= 15 is 0 Å². The van der Waals surface area contributed by atoms with Gasteiger partial charge in [0.1, 0.15) is 0 Å². The highest BCUT2D eigenvalue weighted by Gasteiger charge is 2.37. The largest absolute Gasteiger partial charge is 0.294 e. The lowest BCUT2D eigenvalue weighted by Crippen LogP contribution is -2.43. The lowest BCUT2D eigenvalue weighted by atomic mass is 9.94. The Balaban J connectivity index is 1.61. The molecule has 1 aromatic heterocycles. The third-order valence-corrected chi connectivity index (χ3v) is 6.61. The van der Waals surface area contributed by atoms with Gasteiger partial charge in [-0.2, -0.15) is 0 Å². The standard InChI is InChI=1S/C18H23N3O2S/c1-24(22,23)21-11-14-6-7-16(13-21)20(10-14)12-15-8-9-19-18-5-3-2-4-17(15)18/h2-5,8-9,14,16H,6-7,10-13H2,1H3/t14-,16-/m1/s1. The Kier molecular flexibility index (Phi) is 4.06. The summed E-state index contributed by atoms with van der Waals surface area (Å²) in [5.41, 5.74) is 2.30. The molecule has 4 heterocycles. The molecule has 0 unspecified atom stereocenters. The van der Waals surface area contributed by atoms with Crippen LogP contribution >= 0.6 is 0 Å². The molecule has 1 aromatic carbocycles. The van der Waals surface area contributed by atoms with E-state index < -0.39 is 10.0 Å². The smallest absolute Gasteiger partial charge is 0.211 e. The Morgan fingerprint density at radius 3 is 2.79 bits per heavy atom. The monoisotopic (exact) mass is 345 g/mol. The number of nitrogens with zero attached hydrogens (tertiary/aromatic N) is 3. The number of aromatic nitrogens is 1. The van der Waals surface area contributed by atoms with Gasteiger partial charge < -0.3 is 0 Å². The first-order valence-corrected chi connectivity index (χ1v) is 10.4. The minimum atomic E-state index is -3.11. The zero-order valence-electron chi connectivity index (χ0n) is 13.9. The zero-order chi connectivity index (χ0) is 16.7. The van der Waals surface area contributed by atoms with Gasteiger partial charge in [-0.3, -0.25) is 9.88 Å². The van der Waals surface area contributed by atoms with Gasteiger partial charge in [-0.05, 0) is 36.5 Å². The topological polar surface area (TPSA) is 53.5 Å². The van der Waals surface area contributed by atoms with Crippen LogP contribution in [0.15, 0.2) is 36.5 Å². The van der Waals surface area contributed by atoms with Crippen molar-refractivity contribution in [1.29, 1.82) is 0 Å². The van der Waals surface area contributed by atoms with Crippen molar-refractivity contribution in [2.75, 3.05) is 25.9 Å². The molecule has 0 N–H and O–H groups in total. The first kappa shape index (κ1) is 16.0. The van der Waals surface area contributed by atoms with Crippen LogP contribution in [0.4, 0.5) is 0 Å². The number of para-hydroxylation sites is 1. The van der Waals surface area contributed by atoms with E-state index in [4.69, 9.17) is 0 Å². The highest BCUT2D eigenvalue weighted by molar-refractivity contribution is 7.88. The molecule has 3 aliphatic rings. The van der Waals surface area contributed by atoms with Gasteiger partial charge in [-0.15, -0.1) is 0 Å². The summed E-state index contributed by atoms with van der Waals surface area (Å²) in [5, 5.41) is 1.19. The van der Waals surface area contributed by atoms with Gasteiger partial charge in [0.2, 0.25) is 10.0 Å². The van der Waals surface area contributed by atoms with Crippen LogP contribution in [-0.4, -0.2) is 54.5 Å². The Bertz CT molecular complexity index is 847. The molecule has 0 radical (unpaired) electrons. The van der Waals surface area contributed by atoms with Crippen LogP contribution in [0.3, 0.4) is 0 Å². The summed E-state index contributed by atoms with van der Waals surface area (Å²) in [6, 6.07) is 10.6. The van der Waals surface area contributed by atoms with Crippen LogP contribution in [0.5, 0.6) is 0 Å². The third kappa shape index (κ3) is 3.06. The average Bonchev–Trinajstić information content (AvgIpc) is 2.87. The molecule has 5 nitrogen and oxygen atoms in total. The number of pyridine rings is 1. The second-order valence-corrected chi connectivity index (χ2v) is 9.08. The molecule has 0 spiro atoms. The minimum absolute atomic E-state index is 0.311. The van der Waals surface area contributed by atoms with Crippen LogP contribution in [0, 0.1) is 5.92 Å². The SMILES string of the molecule is CS(=O)(=O)N1C[C@@H]2CC[C@H](C1)N(Cc1ccnc3ccccc13)C2. The lowest BCUT2D eigenvalue weighted by molar-refractivity contribution is 0.126. The second-order valence-electron chi connectivity index (χ2n) is 7.09. The molecule has 128 valence electrons. The van der Waals surface area contributed by atoms with Crippen LogP contribution in [0.1, 0.15) is 18.4 Å². The quantitative estimate of drug-likeness (QED) is 0.855. The van der Waals surface area contributed by atoms with Crippen molar-refractivity contribution in [3.8, 4) is 0 Å². The van der Waals surface area contributed by atoms with E-state index in [1.165, 1.54) is 17.2 Å². The van der Waals surface area contributed by atoms with E-state index in [-0.39, 0.29) is 0 Å². The van der Waals surface area contributed by atoms with Gasteiger partial charge in [-0.1, -0.05) is 18.2 Å². The van der Waals surface area contributed by atoms with E-state index in [2.05, 4.69) is 22.0 Å². The first-order valence-electron chi connectivity index (χ1n) is 8.52. The molecule has 5 rings (SSSR count). The normalized spacial score (nSPS) is 25.9. The predicted molar refractivity (Wildman–Crippen MR) is 95.1 cm³/mol. The molecule has 6 heteroatoms. The Morgan fingerprint density at radius 2 is 1.96 bits per heavy atom. The molecule has 0 amide bonds. The third-order valence-electron chi connectivity index (χ3n) is 5.38. The maximum atomic E-state index is 12.0. The molecule has 2 aromatic rings. The summed E-state index contributed by atoms with van der Waals surface area (Å²) in [4.78, 5) is 6.91. The van der Waals surface area contributed by atoms with Crippen LogP contribution in [0.25, 0.3) is 10.9 Å². The number of hydrogen-bond acceptors (Lipinski definition) is 4. The molecule has 2 bridgehead atoms.